The zero-order valence-electron chi connectivity index (χ0n) is 7.83. The number of nitrogens with one attached hydrogen (secondary N) is 1. The highest BCUT2D eigenvalue weighted by Gasteiger charge is 2.14. The summed E-state index contributed by atoms with van der Waals surface area (Å²) in [6, 6.07) is 6.13. The van der Waals surface area contributed by atoms with Crippen molar-refractivity contribution in [3.63, 3.8) is 0 Å². The van der Waals surface area contributed by atoms with Crippen LogP contribution in [0.4, 0.5) is 5.69 Å². The molecular weight excluding hydrogens is 166 g/mol. The smallest absolute Gasteiger partial charge is 0.142 e. The minimum Gasteiger partial charge on any atom is -0.497 e. The van der Waals surface area contributed by atoms with E-state index in [1.807, 2.05) is 18.2 Å². The first-order chi connectivity index (χ1) is 6.29. The van der Waals surface area contributed by atoms with Crippen LogP contribution in [-0.2, 0) is 0 Å². The standard InChI is InChI=1S/C10H13NO2/c1-7-6-13-10-4-3-8(12-2)5-9(10)11-7/h3-5,7,11H,6H2,1-2H3. The van der Waals surface area contributed by atoms with Gasteiger partial charge in [-0.15, -0.1) is 0 Å². The van der Waals surface area contributed by atoms with Crippen LogP contribution in [-0.4, -0.2) is 19.8 Å². The summed E-state index contributed by atoms with van der Waals surface area (Å²) in [7, 11) is 1.66. The fourth-order valence-electron chi connectivity index (χ4n) is 1.40. The number of ether oxygens (including phenoxy) is 2. The first-order valence-corrected chi connectivity index (χ1v) is 4.37. The molecule has 70 valence electrons. The van der Waals surface area contributed by atoms with E-state index in [-0.39, 0.29) is 0 Å². The molecule has 0 aromatic heterocycles. The maximum Gasteiger partial charge on any atom is 0.142 e. The Kier molecular flexibility index (Phi) is 2.00. The van der Waals surface area contributed by atoms with E-state index in [4.69, 9.17) is 9.47 Å². The third-order valence-electron chi connectivity index (χ3n) is 2.08. The van der Waals surface area contributed by atoms with Crippen molar-refractivity contribution in [1.29, 1.82) is 0 Å². The van der Waals surface area contributed by atoms with Gasteiger partial charge in [-0.05, 0) is 19.1 Å². The van der Waals surface area contributed by atoms with Gasteiger partial charge in [0.25, 0.3) is 0 Å². The first-order valence-electron chi connectivity index (χ1n) is 4.37. The minimum atomic E-state index is 0.361. The van der Waals surface area contributed by atoms with Crippen molar-refractivity contribution in [1.82, 2.24) is 0 Å². The fraction of sp³-hybridized carbons (Fsp3) is 0.400. The molecule has 1 aromatic rings. The zero-order valence-corrected chi connectivity index (χ0v) is 7.83. The van der Waals surface area contributed by atoms with Gasteiger partial charge >= 0.3 is 0 Å². The van der Waals surface area contributed by atoms with Gasteiger partial charge < -0.3 is 14.8 Å². The summed E-state index contributed by atoms with van der Waals surface area (Å²) in [6.07, 6.45) is 0. The normalized spacial score (nSPS) is 19.7. The largest absolute Gasteiger partial charge is 0.497 e. The highest BCUT2D eigenvalue weighted by molar-refractivity contribution is 5.61. The topological polar surface area (TPSA) is 30.5 Å². The summed E-state index contributed by atoms with van der Waals surface area (Å²) >= 11 is 0. The Bertz CT molecular complexity index is 312. The lowest BCUT2D eigenvalue weighted by molar-refractivity contribution is 0.291. The summed E-state index contributed by atoms with van der Waals surface area (Å²) in [5.74, 6) is 1.75. The van der Waals surface area contributed by atoms with Gasteiger partial charge in [0.15, 0.2) is 0 Å². The molecule has 0 saturated heterocycles. The van der Waals surface area contributed by atoms with E-state index >= 15 is 0 Å². The second-order valence-electron chi connectivity index (χ2n) is 3.22. The van der Waals surface area contributed by atoms with Crippen LogP contribution < -0.4 is 14.8 Å². The van der Waals surface area contributed by atoms with Gasteiger partial charge in [-0.2, -0.15) is 0 Å². The van der Waals surface area contributed by atoms with Gasteiger partial charge in [-0.3, -0.25) is 0 Å². The van der Waals surface area contributed by atoms with Crippen LogP contribution in [0.5, 0.6) is 11.5 Å². The highest BCUT2D eigenvalue weighted by Crippen LogP contribution is 2.32. The number of benzene rings is 1. The van der Waals surface area contributed by atoms with E-state index in [0.717, 1.165) is 23.8 Å². The molecule has 3 nitrogen and oxygen atoms in total. The molecule has 13 heavy (non-hydrogen) atoms. The number of hydrogen-bond acceptors (Lipinski definition) is 3. The molecule has 1 heterocycles. The molecule has 1 aliphatic rings. The predicted octanol–water partition coefficient (Wildman–Crippen LogP) is 1.89. The summed E-state index contributed by atoms with van der Waals surface area (Å²) in [4.78, 5) is 0. The molecule has 1 unspecified atom stereocenters. The third kappa shape index (κ3) is 1.54. The van der Waals surface area contributed by atoms with Crippen LogP contribution >= 0.6 is 0 Å². The molecule has 0 fully saturated rings. The molecule has 1 N–H and O–H groups in total. The SMILES string of the molecule is COc1ccc2c(c1)NC(C)CO2. The molecule has 3 heteroatoms. The van der Waals surface area contributed by atoms with Gasteiger partial charge in [0.05, 0.1) is 18.8 Å². The van der Waals surface area contributed by atoms with Crippen LogP contribution in [0.2, 0.25) is 0 Å². The average molecular weight is 179 g/mol. The van der Waals surface area contributed by atoms with Crippen LogP contribution in [0.25, 0.3) is 0 Å². The molecule has 1 aromatic carbocycles. The maximum absolute atomic E-state index is 5.52. The van der Waals surface area contributed by atoms with E-state index in [2.05, 4.69) is 12.2 Å². The molecule has 1 aliphatic heterocycles. The second kappa shape index (κ2) is 3.17. The van der Waals surface area contributed by atoms with Crippen LogP contribution in [0.1, 0.15) is 6.92 Å². The minimum absolute atomic E-state index is 0.361. The molecule has 0 radical (unpaired) electrons. The van der Waals surface area contributed by atoms with Crippen molar-refractivity contribution in [2.45, 2.75) is 13.0 Å². The van der Waals surface area contributed by atoms with Crippen molar-refractivity contribution in [2.24, 2.45) is 0 Å². The van der Waals surface area contributed by atoms with Crippen molar-refractivity contribution in [2.75, 3.05) is 19.0 Å². The average Bonchev–Trinajstić information content (AvgIpc) is 2.16. The lowest BCUT2D eigenvalue weighted by Crippen LogP contribution is -2.28. The number of fused-ring (bicyclic) bond motifs is 1. The van der Waals surface area contributed by atoms with E-state index in [9.17, 15) is 0 Å². The lowest BCUT2D eigenvalue weighted by atomic mass is 10.2. The summed E-state index contributed by atoms with van der Waals surface area (Å²) in [5.41, 5.74) is 1.01. The Balaban J connectivity index is 2.32. The Morgan fingerprint density at radius 3 is 3.15 bits per heavy atom. The highest BCUT2D eigenvalue weighted by atomic mass is 16.5. The Morgan fingerprint density at radius 1 is 1.54 bits per heavy atom. The monoisotopic (exact) mass is 179 g/mol. The van der Waals surface area contributed by atoms with E-state index < -0.39 is 0 Å². The quantitative estimate of drug-likeness (QED) is 0.714. The maximum atomic E-state index is 5.52. The van der Waals surface area contributed by atoms with Gasteiger partial charge in [0.1, 0.15) is 18.1 Å². The molecule has 0 amide bonds. The molecular formula is C10H13NO2. The van der Waals surface area contributed by atoms with Gasteiger partial charge in [-0.1, -0.05) is 0 Å². The zero-order chi connectivity index (χ0) is 9.26. The van der Waals surface area contributed by atoms with Crippen molar-refractivity contribution >= 4 is 5.69 Å². The van der Waals surface area contributed by atoms with E-state index in [0.29, 0.717) is 6.04 Å². The fourth-order valence-corrected chi connectivity index (χ4v) is 1.40. The molecule has 0 spiro atoms. The third-order valence-corrected chi connectivity index (χ3v) is 2.08. The summed E-state index contributed by atoms with van der Waals surface area (Å²) < 4.78 is 10.6. The number of methoxy groups -OCH3 is 1. The van der Waals surface area contributed by atoms with Gasteiger partial charge in [-0.25, -0.2) is 0 Å². The van der Waals surface area contributed by atoms with Crippen molar-refractivity contribution in [3.8, 4) is 11.5 Å². The number of rotatable bonds is 1. The van der Waals surface area contributed by atoms with Crippen LogP contribution in [0.15, 0.2) is 18.2 Å². The van der Waals surface area contributed by atoms with Gasteiger partial charge in [0.2, 0.25) is 0 Å². The molecule has 0 aliphatic carbocycles. The number of anilines is 1. The summed E-state index contributed by atoms with van der Waals surface area (Å²) in [5, 5.41) is 3.33. The summed E-state index contributed by atoms with van der Waals surface area (Å²) in [6.45, 7) is 2.81. The van der Waals surface area contributed by atoms with E-state index in [1.54, 1.807) is 7.11 Å². The van der Waals surface area contributed by atoms with Crippen molar-refractivity contribution in [3.05, 3.63) is 18.2 Å². The van der Waals surface area contributed by atoms with Crippen LogP contribution in [0, 0.1) is 0 Å². The Hall–Kier alpha value is -1.38. The second-order valence-corrected chi connectivity index (χ2v) is 3.22. The predicted molar refractivity (Wildman–Crippen MR) is 51.6 cm³/mol. The first kappa shape index (κ1) is 8.23. The van der Waals surface area contributed by atoms with Crippen LogP contribution in [0.3, 0.4) is 0 Å². The molecule has 2 rings (SSSR count). The number of hydrogen-bond donors (Lipinski definition) is 1. The molecule has 1 atom stereocenters. The Labute approximate surface area is 77.7 Å². The Morgan fingerprint density at radius 2 is 2.38 bits per heavy atom. The van der Waals surface area contributed by atoms with E-state index in [1.165, 1.54) is 0 Å². The molecule has 0 saturated carbocycles. The molecule has 0 bridgehead atoms. The van der Waals surface area contributed by atoms with Crippen molar-refractivity contribution < 1.29 is 9.47 Å². The van der Waals surface area contributed by atoms with Gasteiger partial charge in [0, 0.05) is 6.07 Å². The lowest BCUT2D eigenvalue weighted by Gasteiger charge is -2.24.